The zero-order chi connectivity index (χ0) is 24.3. The van der Waals surface area contributed by atoms with Crippen molar-refractivity contribution in [1.29, 1.82) is 0 Å². The maximum atomic E-state index is 13.6. The molecule has 0 bridgehead atoms. The summed E-state index contributed by atoms with van der Waals surface area (Å²) in [6, 6.07) is 4.55. The average Bonchev–Trinajstić information content (AvgIpc) is 3.64. The molecule has 1 saturated heterocycles. The highest BCUT2D eigenvalue weighted by molar-refractivity contribution is 5.94. The van der Waals surface area contributed by atoms with E-state index in [2.05, 4.69) is 27.1 Å². The Morgan fingerprint density at radius 1 is 1.18 bits per heavy atom. The molecule has 1 aromatic carbocycles. The Bertz CT molecular complexity index is 1150. The third kappa shape index (κ3) is 5.68. The van der Waals surface area contributed by atoms with Crippen LogP contribution in [0.1, 0.15) is 25.1 Å². The van der Waals surface area contributed by atoms with E-state index in [1.165, 1.54) is 24.1 Å². The molecule has 1 saturated carbocycles. The highest BCUT2D eigenvalue weighted by atomic mass is 19.4. The quantitative estimate of drug-likeness (QED) is 0.671. The lowest BCUT2D eigenvalue weighted by Gasteiger charge is -2.30. The largest absolute Gasteiger partial charge is 0.497 e. The highest BCUT2D eigenvalue weighted by Crippen LogP contribution is 2.33. The number of halogens is 3. The van der Waals surface area contributed by atoms with Gasteiger partial charge in [0.15, 0.2) is 0 Å². The van der Waals surface area contributed by atoms with Crippen molar-refractivity contribution in [3.05, 3.63) is 24.0 Å². The van der Waals surface area contributed by atoms with Gasteiger partial charge >= 0.3 is 6.18 Å². The van der Waals surface area contributed by atoms with Crippen molar-refractivity contribution < 1.29 is 27.5 Å². The summed E-state index contributed by atoms with van der Waals surface area (Å²) in [7, 11) is 1.46. The van der Waals surface area contributed by atoms with Crippen LogP contribution in [-0.2, 0) is 15.8 Å². The van der Waals surface area contributed by atoms with Crippen molar-refractivity contribution in [3.8, 4) is 17.6 Å². The maximum Gasteiger partial charge on any atom is 0.451 e. The predicted molar refractivity (Wildman–Crippen MR) is 118 cm³/mol. The van der Waals surface area contributed by atoms with Gasteiger partial charge < -0.3 is 19.9 Å². The normalized spacial score (nSPS) is 17.6. The second-order valence-electron chi connectivity index (χ2n) is 8.17. The maximum absolute atomic E-state index is 13.6. The van der Waals surface area contributed by atoms with E-state index in [1.54, 1.807) is 11.0 Å². The van der Waals surface area contributed by atoms with Crippen molar-refractivity contribution in [1.82, 2.24) is 20.2 Å². The number of carbonyl (C=O) groups is 2. The molecule has 1 N–H and O–H groups in total. The molecule has 4 rings (SSSR count). The number of amides is 2. The van der Waals surface area contributed by atoms with Crippen LogP contribution < -0.4 is 15.0 Å². The van der Waals surface area contributed by atoms with E-state index in [0.717, 1.165) is 12.8 Å². The molecule has 1 aliphatic carbocycles. The molecule has 1 aromatic heterocycles. The summed E-state index contributed by atoms with van der Waals surface area (Å²) in [5.74, 6) is 4.39. The molecule has 34 heavy (non-hydrogen) atoms. The van der Waals surface area contributed by atoms with Crippen molar-refractivity contribution >= 4 is 28.5 Å². The number of rotatable bonds is 2. The molecule has 0 unspecified atom stereocenters. The lowest BCUT2D eigenvalue weighted by atomic mass is 10.2. The first kappa shape index (κ1) is 23.6. The minimum atomic E-state index is -4.74. The zero-order valence-electron chi connectivity index (χ0n) is 18.6. The number of hydrogen-bond acceptors (Lipinski definition) is 6. The van der Waals surface area contributed by atoms with Crippen molar-refractivity contribution in [2.75, 3.05) is 44.7 Å². The Morgan fingerprint density at radius 2 is 1.97 bits per heavy atom. The van der Waals surface area contributed by atoms with E-state index in [-0.39, 0.29) is 62.3 Å². The molecule has 2 aliphatic rings. The summed E-state index contributed by atoms with van der Waals surface area (Å²) in [6.45, 7) is 0.965. The first-order valence-corrected chi connectivity index (χ1v) is 11.0. The van der Waals surface area contributed by atoms with Gasteiger partial charge in [0, 0.05) is 50.4 Å². The Labute approximate surface area is 194 Å². The van der Waals surface area contributed by atoms with Crippen LogP contribution in [-0.4, -0.2) is 66.5 Å². The third-order valence-electron chi connectivity index (χ3n) is 5.64. The Kier molecular flexibility index (Phi) is 6.77. The van der Waals surface area contributed by atoms with E-state index in [9.17, 15) is 22.8 Å². The number of carbonyl (C=O) groups excluding carboxylic acids is 2. The summed E-state index contributed by atoms with van der Waals surface area (Å²) in [5.41, 5.74) is 0.113. The van der Waals surface area contributed by atoms with Gasteiger partial charge in [-0.2, -0.15) is 13.2 Å². The first-order valence-electron chi connectivity index (χ1n) is 11.0. The van der Waals surface area contributed by atoms with Crippen molar-refractivity contribution in [2.24, 2.45) is 5.92 Å². The van der Waals surface area contributed by atoms with Crippen LogP contribution in [0.15, 0.2) is 18.2 Å². The molecule has 11 heteroatoms. The van der Waals surface area contributed by atoms with E-state index in [1.807, 2.05) is 0 Å². The molecule has 2 heterocycles. The van der Waals surface area contributed by atoms with Crippen LogP contribution in [0.2, 0.25) is 0 Å². The molecule has 1 aliphatic heterocycles. The summed E-state index contributed by atoms with van der Waals surface area (Å²) in [4.78, 5) is 35.4. The number of fused-ring (bicyclic) bond motifs is 1. The average molecular weight is 475 g/mol. The molecular formula is C23H24F3N5O3. The van der Waals surface area contributed by atoms with Gasteiger partial charge in [-0.15, -0.1) is 0 Å². The van der Waals surface area contributed by atoms with Crippen LogP contribution >= 0.6 is 0 Å². The minimum Gasteiger partial charge on any atom is -0.497 e. The van der Waals surface area contributed by atoms with Gasteiger partial charge in [-0.1, -0.05) is 5.92 Å². The number of hydrogen-bond donors (Lipinski definition) is 1. The summed E-state index contributed by atoms with van der Waals surface area (Å²) < 4.78 is 45.9. The number of ether oxygens (including phenoxy) is 1. The topological polar surface area (TPSA) is 87.7 Å². The molecule has 8 nitrogen and oxygen atoms in total. The number of anilines is 1. The van der Waals surface area contributed by atoms with Gasteiger partial charge in [-0.05, 0) is 37.0 Å². The molecule has 0 atom stereocenters. The van der Waals surface area contributed by atoms with Gasteiger partial charge in [0.05, 0.1) is 12.6 Å². The number of methoxy groups -OCH3 is 1. The van der Waals surface area contributed by atoms with Crippen LogP contribution in [0.4, 0.5) is 19.0 Å². The molecule has 180 valence electrons. The Morgan fingerprint density at radius 3 is 2.68 bits per heavy atom. The second-order valence-corrected chi connectivity index (χ2v) is 8.17. The van der Waals surface area contributed by atoms with Crippen LogP contribution in [0, 0.1) is 17.8 Å². The first-order chi connectivity index (χ1) is 16.2. The number of nitrogens with one attached hydrogen (secondary N) is 1. The van der Waals surface area contributed by atoms with Crippen LogP contribution in [0.3, 0.4) is 0 Å². The van der Waals surface area contributed by atoms with Gasteiger partial charge in [-0.3, -0.25) is 9.59 Å². The smallest absolute Gasteiger partial charge is 0.451 e. The lowest BCUT2D eigenvalue weighted by Crippen LogP contribution is -2.45. The van der Waals surface area contributed by atoms with E-state index in [4.69, 9.17) is 4.74 Å². The zero-order valence-corrected chi connectivity index (χ0v) is 18.6. The molecule has 0 radical (unpaired) electrons. The predicted octanol–water partition coefficient (Wildman–Crippen LogP) is 2.23. The summed E-state index contributed by atoms with van der Waals surface area (Å²) >= 11 is 0. The fraction of sp³-hybridized carbons (Fsp3) is 0.478. The Hall–Kier alpha value is -3.55. The monoisotopic (exact) mass is 475 g/mol. The third-order valence-corrected chi connectivity index (χ3v) is 5.64. The van der Waals surface area contributed by atoms with Crippen molar-refractivity contribution in [2.45, 2.75) is 25.4 Å². The standard InChI is InChI=1S/C23H24F3N5O3/c1-34-16-5-6-18-17(14-16)21(29-22(28-18)23(24,25)26)31-11-9-27-19(32)8-10-30(12-13-31)20(33)7-4-15-2-3-15/h5-6,14-15H,2-3,8-13H2,1H3,(H,27,32). The van der Waals surface area contributed by atoms with E-state index >= 15 is 0 Å². The number of benzene rings is 1. The fourth-order valence-electron chi connectivity index (χ4n) is 3.59. The Balaban J connectivity index is 1.70. The molecule has 2 fully saturated rings. The number of aromatic nitrogens is 2. The number of alkyl halides is 3. The van der Waals surface area contributed by atoms with Gasteiger partial charge in [-0.25, -0.2) is 9.97 Å². The SMILES string of the molecule is COc1ccc2nc(C(F)(F)F)nc(N3CCNC(=O)CCN(C(=O)C#CC4CC4)CC3)c2c1. The minimum absolute atomic E-state index is 0.0579. The molecule has 0 spiro atoms. The van der Waals surface area contributed by atoms with Crippen LogP contribution in [0.5, 0.6) is 5.75 Å². The molecule has 2 aromatic rings. The van der Waals surface area contributed by atoms with Crippen LogP contribution in [0.25, 0.3) is 10.9 Å². The summed E-state index contributed by atoms with van der Waals surface area (Å²) in [6.07, 6.45) is -2.66. The van der Waals surface area contributed by atoms with E-state index < -0.39 is 17.9 Å². The van der Waals surface area contributed by atoms with Crippen molar-refractivity contribution in [3.63, 3.8) is 0 Å². The lowest BCUT2D eigenvalue weighted by molar-refractivity contribution is -0.144. The van der Waals surface area contributed by atoms with E-state index in [0.29, 0.717) is 11.1 Å². The fourth-order valence-corrected chi connectivity index (χ4v) is 3.59. The second kappa shape index (κ2) is 9.75. The number of nitrogens with zero attached hydrogens (tertiary/aromatic N) is 4. The highest BCUT2D eigenvalue weighted by Gasteiger charge is 2.36. The van der Waals surface area contributed by atoms with Gasteiger partial charge in [0.1, 0.15) is 11.6 Å². The molecule has 2 amide bonds. The van der Waals surface area contributed by atoms with Gasteiger partial charge in [0.2, 0.25) is 11.7 Å². The van der Waals surface area contributed by atoms with Gasteiger partial charge in [0.25, 0.3) is 5.91 Å². The molecular weight excluding hydrogens is 451 g/mol. The summed E-state index contributed by atoms with van der Waals surface area (Å²) in [5, 5.41) is 3.12.